The molecule has 2 rings (SSSR count). The van der Waals surface area contributed by atoms with Crippen LogP contribution in [0.15, 0.2) is 42.5 Å². The highest BCUT2D eigenvalue weighted by atomic mass is 35.5. The van der Waals surface area contributed by atoms with Crippen LogP contribution in [-0.4, -0.2) is 4.92 Å². The number of halogens is 1. The highest BCUT2D eigenvalue weighted by Crippen LogP contribution is 2.37. The van der Waals surface area contributed by atoms with Gasteiger partial charge in [-0.25, -0.2) is 0 Å². The van der Waals surface area contributed by atoms with Crippen LogP contribution in [0.1, 0.15) is 18.5 Å². The van der Waals surface area contributed by atoms with E-state index >= 15 is 0 Å². The molecule has 0 unspecified atom stereocenters. The first-order chi connectivity index (χ1) is 9.49. The van der Waals surface area contributed by atoms with Crippen molar-refractivity contribution in [1.82, 2.24) is 0 Å². The molecule has 0 aliphatic heterocycles. The third-order valence-corrected chi connectivity index (χ3v) is 3.07. The van der Waals surface area contributed by atoms with Gasteiger partial charge in [0, 0.05) is 12.1 Å². The Morgan fingerprint density at radius 1 is 1.25 bits per heavy atom. The molecule has 1 atom stereocenters. The molecule has 2 aromatic rings. The molecule has 0 saturated carbocycles. The number of rotatable bonds is 4. The van der Waals surface area contributed by atoms with Gasteiger partial charge in [-0.2, -0.15) is 0 Å². The third-order valence-electron chi connectivity index (χ3n) is 2.77. The number of nitro groups is 1. The lowest BCUT2D eigenvalue weighted by Gasteiger charge is -2.10. The molecular formula is C14H13ClN2O3. The molecule has 0 aromatic heterocycles. The molecule has 0 spiro atoms. The van der Waals surface area contributed by atoms with E-state index < -0.39 is 4.92 Å². The maximum absolute atomic E-state index is 11.0. The summed E-state index contributed by atoms with van der Waals surface area (Å²) in [6, 6.07) is 11.3. The number of nitro benzene ring substituents is 1. The van der Waals surface area contributed by atoms with E-state index in [-0.39, 0.29) is 22.5 Å². The largest absolute Gasteiger partial charge is 0.449 e. The lowest BCUT2D eigenvalue weighted by molar-refractivity contribution is -0.385. The minimum Gasteiger partial charge on any atom is -0.449 e. The average Bonchev–Trinajstić information content (AvgIpc) is 2.41. The van der Waals surface area contributed by atoms with Gasteiger partial charge < -0.3 is 10.5 Å². The summed E-state index contributed by atoms with van der Waals surface area (Å²) >= 11 is 5.96. The second-order valence-corrected chi connectivity index (χ2v) is 4.71. The van der Waals surface area contributed by atoms with Gasteiger partial charge in [0.2, 0.25) is 5.75 Å². The zero-order chi connectivity index (χ0) is 14.7. The van der Waals surface area contributed by atoms with E-state index in [0.29, 0.717) is 5.75 Å². The summed E-state index contributed by atoms with van der Waals surface area (Å²) in [4.78, 5) is 10.4. The Morgan fingerprint density at radius 3 is 2.45 bits per heavy atom. The Hall–Kier alpha value is -2.11. The Kier molecular flexibility index (Phi) is 4.22. The standard InChI is InChI=1S/C14H13ClN2O3/c1-9(16)10-5-7-11(8-6-10)20-14-12(15)3-2-4-13(14)17(18)19/h2-9H,16H2,1H3/t9-/m1/s1. The first kappa shape index (κ1) is 14.3. The van der Waals surface area contributed by atoms with Crippen LogP contribution in [0.25, 0.3) is 0 Å². The molecule has 0 fully saturated rings. The molecule has 0 amide bonds. The summed E-state index contributed by atoms with van der Waals surface area (Å²) < 4.78 is 5.52. The molecule has 20 heavy (non-hydrogen) atoms. The van der Waals surface area contributed by atoms with Gasteiger partial charge in [0.1, 0.15) is 5.75 Å². The fourth-order valence-electron chi connectivity index (χ4n) is 1.70. The Bertz CT molecular complexity index is 627. The maximum Gasteiger partial charge on any atom is 0.313 e. The number of para-hydroxylation sites is 1. The quantitative estimate of drug-likeness (QED) is 0.681. The third kappa shape index (κ3) is 3.07. The summed E-state index contributed by atoms with van der Waals surface area (Å²) in [7, 11) is 0. The van der Waals surface area contributed by atoms with Gasteiger partial charge in [-0.3, -0.25) is 10.1 Å². The topological polar surface area (TPSA) is 78.4 Å². The maximum atomic E-state index is 11.0. The molecule has 5 nitrogen and oxygen atoms in total. The average molecular weight is 293 g/mol. The minimum absolute atomic E-state index is 0.0349. The lowest BCUT2D eigenvalue weighted by Crippen LogP contribution is -2.04. The van der Waals surface area contributed by atoms with Crippen LogP contribution in [0.3, 0.4) is 0 Å². The first-order valence-electron chi connectivity index (χ1n) is 5.95. The molecular weight excluding hydrogens is 280 g/mol. The van der Waals surface area contributed by atoms with E-state index in [0.717, 1.165) is 5.56 Å². The van der Waals surface area contributed by atoms with Gasteiger partial charge in [-0.05, 0) is 30.7 Å². The fraction of sp³-hybridized carbons (Fsp3) is 0.143. The van der Waals surface area contributed by atoms with Crippen LogP contribution >= 0.6 is 11.6 Å². The van der Waals surface area contributed by atoms with E-state index in [1.54, 1.807) is 18.2 Å². The van der Waals surface area contributed by atoms with Crippen molar-refractivity contribution in [2.45, 2.75) is 13.0 Å². The predicted octanol–water partition coefficient (Wildman–Crippen LogP) is 4.06. The molecule has 0 heterocycles. The van der Waals surface area contributed by atoms with Crippen LogP contribution in [0.5, 0.6) is 11.5 Å². The molecule has 0 aliphatic carbocycles. The van der Waals surface area contributed by atoms with Crippen LogP contribution < -0.4 is 10.5 Å². The molecule has 0 bridgehead atoms. The van der Waals surface area contributed by atoms with E-state index in [9.17, 15) is 10.1 Å². The highest BCUT2D eigenvalue weighted by Gasteiger charge is 2.18. The van der Waals surface area contributed by atoms with Gasteiger partial charge in [-0.1, -0.05) is 29.8 Å². The molecule has 0 aliphatic rings. The number of ether oxygens (including phenoxy) is 1. The number of nitrogens with zero attached hydrogens (tertiary/aromatic N) is 1. The number of hydrogen-bond donors (Lipinski definition) is 1. The first-order valence-corrected chi connectivity index (χ1v) is 6.33. The smallest absolute Gasteiger partial charge is 0.313 e. The van der Waals surface area contributed by atoms with Gasteiger partial charge >= 0.3 is 5.69 Å². The number of nitrogens with two attached hydrogens (primary N) is 1. The van der Waals surface area contributed by atoms with Gasteiger partial charge in [0.15, 0.2) is 0 Å². The van der Waals surface area contributed by atoms with Crippen molar-refractivity contribution in [3.8, 4) is 11.5 Å². The van der Waals surface area contributed by atoms with Crippen molar-refractivity contribution in [3.05, 3.63) is 63.2 Å². The SMILES string of the molecule is C[C@@H](N)c1ccc(Oc2c(Cl)cccc2[N+](=O)[O-])cc1. The van der Waals surface area contributed by atoms with Crippen molar-refractivity contribution in [3.63, 3.8) is 0 Å². The predicted molar refractivity (Wildman–Crippen MR) is 77.2 cm³/mol. The Labute approximate surface area is 121 Å². The number of benzene rings is 2. The molecule has 2 aromatic carbocycles. The molecule has 6 heteroatoms. The van der Waals surface area contributed by atoms with Crippen molar-refractivity contribution < 1.29 is 9.66 Å². The Morgan fingerprint density at radius 2 is 1.90 bits per heavy atom. The zero-order valence-electron chi connectivity index (χ0n) is 10.7. The minimum atomic E-state index is -0.530. The van der Waals surface area contributed by atoms with Crippen molar-refractivity contribution in [1.29, 1.82) is 0 Å². The summed E-state index contributed by atoms with van der Waals surface area (Å²) in [5.74, 6) is 0.498. The van der Waals surface area contributed by atoms with Crippen LogP contribution in [0.4, 0.5) is 5.69 Å². The lowest BCUT2D eigenvalue weighted by atomic mass is 10.1. The molecule has 2 N–H and O–H groups in total. The monoisotopic (exact) mass is 292 g/mol. The van der Waals surface area contributed by atoms with Crippen molar-refractivity contribution in [2.75, 3.05) is 0 Å². The summed E-state index contributed by atoms with van der Waals surface area (Å²) in [5.41, 5.74) is 6.53. The van der Waals surface area contributed by atoms with Gasteiger partial charge in [0.05, 0.1) is 9.95 Å². The van der Waals surface area contributed by atoms with E-state index in [1.807, 2.05) is 19.1 Å². The van der Waals surface area contributed by atoms with Gasteiger partial charge in [0.25, 0.3) is 0 Å². The molecule has 104 valence electrons. The zero-order valence-corrected chi connectivity index (χ0v) is 11.5. The van der Waals surface area contributed by atoms with Crippen LogP contribution in [0, 0.1) is 10.1 Å². The molecule has 0 saturated heterocycles. The van der Waals surface area contributed by atoms with Crippen molar-refractivity contribution >= 4 is 17.3 Å². The van der Waals surface area contributed by atoms with Crippen molar-refractivity contribution in [2.24, 2.45) is 5.73 Å². The second-order valence-electron chi connectivity index (χ2n) is 4.30. The normalized spacial score (nSPS) is 11.9. The second kappa shape index (κ2) is 5.90. The Balaban J connectivity index is 2.32. The van der Waals surface area contributed by atoms with Crippen LogP contribution in [0.2, 0.25) is 5.02 Å². The van der Waals surface area contributed by atoms with Gasteiger partial charge in [-0.15, -0.1) is 0 Å². The fourth-order valence-corrected chi connectivity index (χ4v) is 1.91. The summed E-state index contributed by atoms with van der Waals surface area (Å²) in [6.07, 6.45) is 0. The number of hydrogen-bond acceptors (Lipinski definition) is 4. The summed E-state index contributed by atoms with van der Waals surface area (Å²) in [6.45, 7) is 1.87. The summed E-state index contributed by atoms with van der Waals surface area (Å²) in [5, 5.41) is 11.1. The van der Waals surface area contributed by atoms with E-state index in [4.69, 9.17) is 22.1 Å². The van der Waals surface area contributed by atoms with Crippen LogP contribution in [-0.2, 0) is 0 Å². The molecule has 0 radical (unpaired) electrons. The van der Waals surface area contributed by atoms with E-state index in [2.05, 4.69) is 0 Å². The highest BCUT2D eigenvalue weighted by molar-refractivity contribution is 6.32. The van der Waals surface area contributed by atoms with E-state index in [1.165, 1.54) is 12.1 Å².